The molecule has 0 aliphatic carbocycles. The average Bonchev–Trinajstić information content (AvgIpc) is 3.31. The fourth-order valence-corrected chi connectivity index (χ4v) is 6.74. The van der Waals surface area contributed by atoms with Crippen molar-refractivity contribution in [1.29, 1.82) is 0 Å². The molecule has 0 spiro atoms. The van der Waals surface area contributed by atoms with Gasteiger partial charge in [-0.25, -0.2) is 31.6 Å². The van der Waals surface area contributed by atoms with Gasteiger partial charge in [-0.1, -0.05) is 11.6 Å². The summed E-state index contributed by atoms with van der Waals surface area (Å²) in [4.78, 5) is 10.3. The Balaban J connectivity index is 1.32. The largest absolute Gasteiger partial charge is 0.489 e. The van der Waals surface area contributed by atoms with E-state index in [1.54, 1.807) is 0 Å². The third-order valence-electron chi connectivity index (χ3n) is 7.39. The highest BCUT2D eigenvalue weighted by Gasteiger charge is 2.32. The number of hydrogen-bond donors (Lipinski definition) is 3. The molecule has 1 aromatic heterocycles. The van der Waals surface area contributed by atoms with Gasteiger partial charge in [-0.3, -0.25) is 4.72 Å². The molecule has 3 aromatic carbocycles. The molecule has 6 rings (SSSR count). The molecule has 1 fully saturated rings. The Kier molecular flexibility index (Phi) is 7.37. The van der Waals surface area contributed by atoms with E-state index in [2.05, 4.69) is 24.9 Å². The monoisotopic (exact) mass is 619 g/mol. The van der Waals surface area contributed by atoms with Crippen LogP contribution in [0.3, 0.4) is 0 Å². The minimum atomic E-state index is -4.52. The summed E-state index contributed by atoms with van der Waals surface area (Å²) in [6.07, 6.45) is 2.04. The molecule has 9 nitrogen and oxygen atoms in total. The van der Waals surface area contributed by atoms with E-state index >= 15 is 8.78 Å². The van der Waals surface area contributed by atoms with E-state index in [1.807, 2.05) is 7.05 Å². The smallest absolute Gasteiger partial charge is 0.265 e. The fourth-order valence-electron chi connectivity index (χ4n) is 5.19. The van der Waals surface area contributed by atoms with Crippen LogP contribution >= 0.6 is 11.6 Å². The molecule has 3 N–H and O–H groups in total. The number of rotatable bonds is 6. The molecule has 0 saturated carbocycles. The van der Waals surface area contributed by atoms with Crippen LogP contribution in [-0.2, 0) is 10.0 Å². The van der Waals surface area contributed by atoms with Crippen molar-refractivity contribution in [3.8, 4) is 16.9 Å². The molecule has 2 aliphatic rings. The van der Waals surface area contributed by atoms with Crippen LogP contribution in [0.4, 0.5) is 24.8 Å². The Labute approximate surface area is 244 Å². The zero-order valence-corrected chi connectivity index (χ0v) is 23.7. The van der Waals surface area contributed by atoms with Crippen LogP contribution in [0.1, 0.15) is 24.5 Å². The topological polar surface area (TPSA) is 117 Å². The van der Waals surface area contributed by atoms with Gasteiger partial charge in [-0.2, -0.15) is 0 Å². The zero-order valence-electron chi connectivity index (χ0n) is 22.2. The molecule has 3 heterocycles. The molecule has 220 valence electrons. The molecule has 2 aliphatic heterocycles. The highest BCUT2D eigenvalue weighted by atomic mass is 35.5. The third-order valence-corrected chi connectivity index (χ3v) is 8.98. The van der Waals surface area contributed by atoms with E-state index in [-0.39, 0.29) is 51.4 Å². The van der Waals surface area contributed by atoms with E-state index < -0.39 is 49.7 Å². The van der Waals surface area contributed by atoms with Crippen LogP contribution in [0.25, 0.3) is 22.0 Å². The predicted molar refractivity (Wildman–Crippen MR) is 152 cm³/mol. The van der Waals surface area contributed by atoms with Gasteiger partial charge in [-0.05, 0) is 74.9 Å². The van der Waals surface area contributed by atoms with Gasteiger partial charge in [0.2, 0.25) is 5.95 Å². The van der Waals surface area contributed by atoms with Crippen molar-refractivity contribution in [2.75, 3.05) is 36.8 Å². The number of sulfonamides is 1. The number of nitrogens with zero attached hydrogens (tertiary/aromatic N) is 3. The molecule has 0 amide bonds. The number of aromatic nitrogens is 2. The minimum absolute atomic E-state index is 0.0116. The molecule has 42 heavy (non-hydrogen) atoms. The number of likely N-dealkylation sites (tertiary alicyclic amines) is 1. The van der Waals surface area contributed by atoms with E-state index in [0.29, 0.717) is 0 Å². The third kappa shape index (κ3) is 5.33. The highest BCUT2D eigenvalue weighted by molar-refractivity contribution is 7.92. The number of benzene rings is 3. The molecule has 1 atom stereocenters. The summed E-state index contributed by atoms with van der Waals surface area (Å²) in [5.74, 6) is -3.00. The van der Waals surface area contributed by atoms with Crippen LogP contribution in [0.15, 0.2) is 47.5 Å². The van der Waals surface area contributed by atoms with Crippen molar-refractivity contribution in [2.45, 2.75) is 29.9 Å². The molecule has 4 aromatic rings. The number of nitrogens with one attached hydrogen (secondary N) is 2. The first-order valence-corrected chi connectivity index (χ1v) is 14.9. The van der Waals surface area contributed by atoms with Crippen LogP contribution in [0, 0.1) is 17.5 Å². The van der Waals surface area contributed by atoms with E-state index in [9.17, 15) is 17.9 Å². The Hall–Kier alpha value is -3.65. The summed E-state index contributed by atoms with van der Waals surface area (Å²) in [5, 5.41) is 13.5. The van der Waals surface area contributed by atoms with Gasteiger partial charge in [0.05, 0.1) is 11.3 Å². The Bertz CT molecular complexity index is 1820. The zero-order chi connectivity index (χ0) is 29.8. The van der Waals surface area contributed by atoms with Crippen molar-refractivity contribution in [3.63, 3.8) is 0 Å². The number of fused-ring (bicyclic) bond motifs is 2. The molecule has 0 unspecified atom stereocenters. The van der Waals surface area contributed by atoms with Crippen molar-refractivity contribution >= 4 is 44.2 Å². The van der Waals surface area contributed by atoms with Crippen molar-refractivity contribution < 1.29 is 31.4 Å². The SMILES string of the molecule is CN1CCC(Nc2ncc3cc(-c4c(F)ccc(NS(=O)(=O)c5cc(Cl)cc6c5OC[C@@H]6O)c4F)cc(F)c3n2)CC1. The van der Waals surface area contributed by atoms with Crippen molar-refractivity contribution in [3.05, 3.63) is 70.6 Å². The molecular formula is C28H25ClF3N5O4S. The number of ether oxygens (including phenoxy) is 1. The maximum absolute atomic E-state index is 15.7. The first-order valence-electron chi connectivity index (χ1n) is 13.1. The maximum Gasteiger partial charge on any atom is 0.265 e. The summed E-state index contributed by atoms with van der Waals surface area (Å²) >= 11 is 6.05. The maximum atomic E-state index is 15.7. The number of halogens is 4. The first kappa shape index (κ1) is 28.5. The lowest BCUT2D eigenvalue weighted by Gasteiger charge is -2.29. The van der Waals surface area contributed by atoms with Gasteiger partial charge in [0.25, 0.3) is 10.0 Å². The number of piperidine rings is 1. The lowest BCUT2D eigenvalue weighted by atomic mass is 10.0. The number of hydrogen-bond acceptors (Lipinski definition) is 8. The molecule has 0 radical (unpaired) electrons. The van der Waals surface area contributed by atoms with Crippen molar-refractivity contribution in [2.24, 2.45) is 0 Å². The number of aliphatic hydroxyl groups excluding tert-OH is 1. The summed E-state index contributed by atoms with van der Waals surface area (Å²) in [5.41, 5.74) is -1.27. The quantitative estimate of drug-likeness (QED) is 0.273. The first-order chi connectivity index (χ1) is 20.0. The molecule has 14 heteroatoms. The van der Waals surface area contributed by atoms with Crippen LogP contribution < -0.4 is 14.8 Å². The second-order valence-electron chi connectivity index (χ2n) is 10.3. The Morgan fingerprint density at radius 3 is 2.62 bits per heavy atom. The molecular weight excluding hydrogens is 595 g/mol. The number of anilines is 2. The summed E-state index contributed by atoms with van der Waals surface area (Å²) in [7, 11) is -2.48. The average molecular weight is 620 g/mol. The van der Waals surface area contributed by atoms with Crippen LogP contribution in [0.2, 0.25) is 5.02 Å². The normalized spacial score (nSPS) is 17.7. The number of aliphatic hydroxyl groups is 1. The molecule has 1 saturated heterocycles. The predicted octanol–water partition coefficient (Wildman–Crippen LogP) is 5.10. The minimum Gasteiger partial charge on any atom is -0.489 e. The van der Waals surface area contributed by atoms with Gasteiger partial charge in [0.15, 0.2) is 5.82 Å². The lowest BCUT2D eigenvalue weighted by Crippen LogP contribution is -2.37. The summed E-state index contributed by atoms with van der Waals surface area (Å²) < 4.78 is 79.9. The van der Waals surface area contributed by atoms with E-state index in [0.717, 1.165) is 50.2 Å². The van der Waals surface area contributed by atoms with Gasteiger partial charge >= 0.3 is 0 Å². The second kappa shape index (κ2) is 10.9. The highest BCUT2D eigenvalue weighted by Crippen LogP contribution is 2.41. The standard InChI is InChI=1S/C28H25ClF3N5O4S/c1-37-6-4-17(5-7-37)34-28-33-12-15-8-14(9-20(31)26(15)35-28)24-19(30)2-3-21(25(24)32)36-42(39,40)23-11-16(29)10-18-22(38)13-41-27(18)23/h2-3,8-12,17,22,36,38H,4-7,13H2,1H3,(H,33,34,35)/t22-/m0/s1. The Morgan fingerprint density at radius 1 is 1.10 bits per heavy atom. The molecule has 0 bridgehead atoms. The van der Waals surface area contributed by atoms with Gasteiger partial charge in [0, 0.05) is 28.2 Å². The summed E-state index contributed by atoms with van der Waals surface area (Å²) in [6.45, 7) is 1.64. The summed E-state index contributed by atoms with van der Waals surface area (Å²) in [6, 6.07) is 6.65. The fraction of sp³-hybridized carbons (Fsp3) is 0.286. The second-order valence-corrected chi connectivity index (χ2v) is 12.4. The van der Waals surface area contributed by atoms with Gasteiger partial charge in [0.1, 0.15) is 40.5 Å². The lowest BCUT2D eigenvalue weighted by molar-refractivity contribution is 0.140. The van der Waals surface area contributed by atoms with Crippen molar-refractivity contribution in [1.82, 2.24) is 14.9 Å². The van der Waals surface area contributed by atoms with E-state index in [1.165, 1.54) is 18.3 Å². The van der Waals surface area contributed by atoms with E-state index in [4.69, 9.17) is 16.3 Å². The van der Waals surface area contributed by atoms with Crippen LogP contribution in [-0.4, -0.2) is 61.2 Å². The van der Waals surface area contributed by atoms with Gasteiger partial charge in [-0.15, -0.1) is 0 Å². The Morgan fingerprint density at radius 2 is 1.86 bits per heavy atom. The van der Waals surface area contributed by atoms with Crippen LogP contribution in [0.5, 0.6) is 5.75 Å². The van der Waals surface area contributed by atoms with Gasteiger partial charge < -0.3 is 20.1 Å².